The molecule has 0 fully saturated rings. The Morgan fingerprint density at radius 3 is 1.27 bits per heavy atom. The van der Waals surface area contributed by atoms with Crippen molar-refractivity contribution in [1.82, 2.24) is 19.1 Å². The Bertz CT molecular complexity index is 2700. The maximum Gasteiger partial charge on any atom is 0.338 e. The van der Waals surface area contributed by atoms with Gasteiger partial charge in [-0.05, 0) is 64.7 Å². The van der Waals surface area contributed by atoms with Crippen LogP contribution in [-0.4, -0.2) is 19.1 Å². The van der Waals surface area contributed by atoms with Gasteiger partial charge in [-0.25, -0.2) is 14.8 Å². The fourth-order valence-corrected chi connectivity index (χ4v) is 6.79. The second-order valence-electron chi connectivity index (χ2n) is 12.7. The van der Waals surface area contributed by atoms with Gasteiger partial charge in [0.05, 0.1) is 33.8 Å². The fourth-order valence-electron chi connectivity index (χ4n) is 6.79. The summed E-state index contributed by atoms with van der Waals surface area (Å²) in [5.74, 6) is 0.673. The monoisotopic (exact) mass is 668 g/mol. The van der Waals surface area contributed by atoms with Gasteiger partial charge in [-0.15, -0.1) is 0 Å². The van der Waals surface area contributed by atoms with Gasteiger partial charge in [0, 0.05) is 16.7 Å². The first-order valence-corrected chi connectivity index (χ1v) is 17.3. The second-order valence-corrected chi connectivity index (χ2v) is 12.7. The quantitative estimate of drug-likeness (QED) is 0.170. The van der Waals surface area contributed by atoms with E-state index in [0.29, 0.717) is 5.82 Å². The number of nitrogens with zero attached hydrogens (tertiary/aromatic N) is 4. The lowest BCUT2D eigenvalue weighted by Crippen LogP contribution is -2.21. The topological polar surface area (TPSA) is 52.7 Å². The Balaban J connectivity index is 1.11. The smallest absolute Gasteiger partial charge is 0.260 e. The van der Waals surface area contributed by atoms with Crippen LogP contribution in [0, 0.1) is 0 Å². The Morgan fingerprint density at radius 1 is 0.327 bits per heavy atom. The SMILES string of the molecule is O=c1n(-c2ccccc2)c2ccc(-c3ccc(-c4cc(-c5ccccc5)nc(-c5ccc(-c6ccccc6)cc5)n4)cc3)cc2n1-c1ccccc1. The van der Waals surface area contributed by atoms with E-state index in [-0.39, 0.29) is 5.69 Å². The Morgan fingerprint density at radius 2 is 0.712 bits per heavy atom. The molecule has 0 unspecified atom stereocenters. The minimum atomic E-state index is -0.108. The van der Waals surface area contributed by atoms with Gasteiger partial charge in [-0.2, -0.15) is 0 Å². The van der Waals surface area contributed by atoms with E-state index >= 15 is 0 Å². The van der Waals surface area contributed by atoms with Crippen molar-refractivity contribution < 1.29 is 0 Å². The minimum Gasteiger partial charge on any atom is -0.260 e. The lowest BCUT2D eigenvalue weighted by Gasteiger charge is -2.11. The number of hydrogen-bond donors (Lipinski definition) is 0. The van der Waals surface area contributed by atoms with E-state index in [2.05, 4.69) is 103 Å². The molecular weight excluding hydrogens is 637 g/mol. The highest BCUT2D eigenvalue weighted by Gasteiger charge is 2.17. The summed E-state index contributed by atoms with van der Waals surface area (Å²) >= 11 is 0. The van der Waals surface area contributed by atoms with Gasteiger partial charge in [0.1, 0.15) is 0 Å². The predicted octanol–water partition coefficient (Wildman–Crippen LogP) is 10.9. The maximum absolute atomic E-state index is 14.0. The number of rotatable bonds is 7. The molecule has 7 aromatic carbocycles. The molecular formula is C47H32N4O. The molecule has 9 rings (SSSR count). The molecule has 0 aliphatic heterocycles. The Kier molecular flexibility index (Phi) is 7.91. The number of fused-ring (bicyclic) bond motifs is 1. The molecule has 0 atom stereocenters. The molecule has 5 heteroatoms. The largest absolute Gasteiger partial charge is 0.338 e. The molecule has 0 radical (unpaired) electrons. The second kappa shape index (κ2) is 13.3. The fraction of sp³-hybridized carbons (Fsp3) is 0. The summed E-state index contributed by atoms with van der Waals surface area (Å²) in [7, 11) is 0. The molecule has 246 valence electrons. The van der Waals surface area contributed by atoms with E-state index in [9.17, 15) is 4.79 Å². The first-order chi connectivity index (χ1) is 25.7. The number of aromatic nitrogens is 4. The summed E-state index contributed by atoms with van der Waals surface area (Å²) in [5, 5.41) is 0. The third kappa shape index (κ3) is 5.80. The summed E-state index contributed by atoms with van der Waals surface area (Å²) in [6, 6.07) is 65.4. The van der Waals surface area contributed by atoms with Gasteiger partial charge < -0.3 is 0 Å². The van der Waals surface area contributed by atoms with Gasteiger partial charge in [0.15, 0.2) is 5.82 Å². The van der Waals surface area contributed by atoms with Crippen LogP contribution in [0.4, 0.5) is 0 Å². The van der Waals surface area contributed by atoms with Crippen LogP contribution < -0.4 is 5.69 Å². The Labute approximate surface area is 301 Å². The van der Waals surface area contributed by atoms with Crippen LogP contribution in [-0.2, 0) is 0 Å². The average Bonchev–Trinajstić information content (AvgIpc) is 3.52. The zero-order valence-corrected chi connectivity index (χ0v) is 28.2. The molecule has 9 aromatic rings. The van der Waals surface area contributed by atoms with Gasteiger partial charge in [0.2, 0.25) is 0 Å². The Hall–Kier alpha value is -7.11. The normalized spacial score (nSPS) is 11.2. The summed E-state index contributed by atoms with van der Waals surface area (Å²) < 4.78 is 3.57. The van der Waals surface area contributed by atoms with Crippen LogP contribution in [0.2, 0.25) is 0 Å². The van der Waals surface area contributed by atoms with Gasteiger partial charge >= 0.3 is 5.69 Å². The molecule has 0 aliphatic carbocycles. The molecule has 0 aliphatic rings. The third-order valence-corrected chi connectivity index (χ3v) is 9.43. The number of para-hydroxylation sites is 2. The van der Waals surface area contributed by atoms with E-state index in [0.717, 1.165) is 67.2 Å². The van der Waals surface area contributed by atoms with Crippen LogP contribution in [0.3, 0.4) is 0 Å². The molecule has 52 heavy (non-hydrogen) atoms. The van der Waals surface area contributed by atoms with Crippen molar-refractivity contribution in [3.8, 4) is 67.5 Å². The van der Waals surface area contributed by atoms with Crippen LogP contribution in [0.15, 0.2) is 199 Å². The molecule has 0 saturated carbocycles. The average molecular weight is 669 g/mol. The van der Waals surface area contributed by atoms with Gasteiger partial charge in [-0.3, -0.25) is 9.13 Å². The van der Waals surface area contributed by atoms with Crippen molar-refractivity contribution in [2.45, 2.75) is 0 Å². The molecule has 0 bridgehead atoms. The number of hydrogen-bond acceptors (Lipinski definition) is 3. The summed E-state index contributed by atoms with van der Waals surface area (Å²) in [6.07, 6.45) is 0. The highest BCUT2D eigenvalue weighted by molar-refractivity contribution is 5.86. The zero-order valence-electron chi connectivity index (χ0n) is 28.2. The highest BCUT2D eigenvalue weighted by Crippen LogP contribution is 2.32. The van der Waals surface area contributed by atoms with E-state index in [1.165, 1.54) is 5.56 Å². The van der Waals surface area contributed by atoms with E-state index in [4.69, 9.17) is 9.97 Å². The highest BCUT2D eigenvalue weighted by atomic mass is 16.1. The van der Waals surface area contributed by atoms with Crippen molar-refractivity contribution >= 4 is 11.0 Å². The summed E-state index contributed by atoms with van der Waals surface area (Å²) in [6.45, 7) is 0. The lowest BCUT2D eigenvalue weighted by molar-refractivity contribution is 0.931. The standard InChI is InChI=1S/C47H32N4O/c52-47-50(40-17-9-3-10-18-40)44-30-29-39(31-45(44)51(47)41-19-11-4-12-20-41)35-21-25-37(26-22-35)43-32-42(36-15-7-2-8-16-36)48-46(49-43)38-27-23-34(24-28-38)33-13-5-1-6-14-33/h1-32H. The molecule has 5 nitrogen and oxygen atoms in total. The van der Waals surface area contributed by atoms with Crippen LogP contribution >= 0.6 is 0 Å². The third-order valence-electron chi connectivity index (χ3n) is 9.43. The number of imidazole rings is 1. The van der Waals surface area contributed by atoms with Crippen molar-refractivity contribution in [1.29, 1.82) is 0 Å². The van der Waals surface area contributed by atoms with Crippen molar-refractivity contribution in [3.63, 3.8) is 0 Å². The van der Waals surface area contributed by atoms with Crippen LogP contribution in [0.25, 0.3) is 78.6 Å². The number of benzene rings is 7. The molecule has 0 amide bonds. The molecule has 2 heterocycles. The first kappa shape index (κ1) is 30.9. The summed E-state index contributed by atoms with van der Waals surface area (Å²) in [4.78, 5) is 24.1. The van der Waals surface area contributed by atoms with Crippen molar-refractivity contribution in [2.24, 2.45) is 0 Å². The van der Waals surface area contributed by atoms with Gasteiger partial charge in [-0.1, -0.05) is 152 Å². The molecule has 0 N–H and O–H groups in total. The van der Waals surface area contributed by atoms with Crippen molar-refractivity contribution in [3.05, 3.63) is 205 Å². The van der Waals surface area contributed by atoms with E-state index < -0.39 is 0 Å². The minimum absolute atomic E-state index is 0.108. The van der Waals surface area contributed by atoms with E-state index in [1.807, 2.05) is 91.0 Å². The van der Waals surface area contributed by atoms with Crippen LogP contribution in [0.1, 0.15) is 0 Å². The zero-order chi connectivity index (χ0) is 34.9. The van der Waals surface area contributed by atoms with Crippen LogP contribution in [0.5, 0.6) is 0 Å². The first-order valence-electron chi connectivity index (χ1n) is 17.3. The lowest BCUT2D eigenvalue weighted by atomic mass is 10.0. The molecule has 0 spiro atoms. The summed E-state index contributed by atoms with van der Waals surface area (Å²) in [5.41, 5.74) is 12.3. The maximum atomic E-state index is 14.0. The molecule has 2 aromatic heterocycles. The van der Waals surface area contributed by atoms with Crippen molar-refractivity contribution in [2.75, 3.05) is 0 Å². The predicted molar refractivity (Wildman–Crippen MR) is 212 cm³/mol. The molecule has 0 saturated heterocycles. The van der Waals surface area contributed by atoms with E-state index in [1.54, 1.807) is 9.13 Å². The van der Waals surface area contributed by atoms with Gasteiger partial charge in [0.25, 0.3) is 0 Å².